The molecule has 0 aliphatic rings. The average Bonchev–Trinajstić information content (AvgIpc) is 2.76. The zero-order valence-corrected chi connectivity index (χ0v) is 20.4. The summed E-state index contributed by atoms with van der Waals surface area (Å²) >= 11 is 3.31. The van der Waals surface area contributed by atoms with Crippen LogP contribution in [0.2, 0.25) is 0 Å². The lowest BCUT2D eigenvalue weighted by molar-refractivity contribution is 0.0526. The number of aromatic nitrogens is 1. The molecule has 0 radical (unpaired) electrons. The molecule has 0 aliphatic carbocycles. The summed E-state index contributed by atoms with van der Waals surface area (Å²) in [7, 11) is 3.30. The van der Waals surface area contributed by atoms with Gasteiger partial charge < -0.3 is 19.4 Å². The Hall–Kier alpha value is -2.45. The van der Waals surface area contributed by atoms with E-state index in [1.807, 2.05) is 13.8 Å². The predicted molar refractivity (Wildman–Crippen MR) is 124 cm³/mol. The first-order chi connectivity index (χ1) is 14.7. The Morgan fingerprint density at radius 3 is 2.19 bits per heavy atom. The van der Waals surface area contributed by atoms with Gasteiger partial charge in [-0.1, -0.05) is 13.8 Å². The van der Waals surface area contributed by atoms with E-state index in [0.29, 0.717) is 40.0 Å². The van der Waals surface area contributed by atoms with Crippen LogP contribution in [-0.4, -0.2) is 30.2 Å². The van der Waals surface area contributed by atoms with Gasteiger partial charge in [-0.3, -0.25) is 9.59 Å². The smallest absolute Gasteiger partial charge is 0.338 e. The highest BCUT2D eigenvalue weighted by Gasteiger charge is 2.24. The normalized spacial score (nSPS) is 10.8. The van der Waals surface area contributed by atoms with Crippen LogP contribution < -0.4 is 10.7 Å². The van der Waals surface area contributed by atoms with Crippen LogP contribution in [0.5, 0.6) is 0 Å². The highest BCUT2D eigenvalue weighted by molar-refractivity contribution is 9.10. The zero-order chi connectivity index (χ0) is 23.3. The number of anilines is 1. The van der Waals surface area contributed by atoms with Gasteiger partial charge in [0.2, 0.25) is 5.43 Å². The molecule has 2 rings (SSSR count). The highest BCUT2D eigenvalue weighted by atomic mass is 79.9. The summed E-state index contributed by atoms with van der Waals surface area (Å²) in [5.74, 6) is -0.912. The molecule has 1 aromatic carbocycles. The van der Waals surface area contributed by atoms with Crippen LogP contribution in [0.25, 0.3) is 0 Å². The highest BCUT2D eigenvalue weighted by Crippen LogP contribution is 2.27. The molecule has 0 atom stereocenters. The standard InChI is InChI=1S/C23H29BrN2O5/c1-7-14-10-16(23(29)31-9-3)11-15(8-2)20(14)25-22(28)18-17(12-30-6)26(5)13(4)19(24)21(18)27/h10-11H,7-9,12H2,1-6H3,(H,25,28). The predicted octanol–water partition coefficient (Wildman–Crippen LogP) is 4.16. The van der Waals surface area contributed by atoms with E-state index in [9.17, 15) is 14.4 Å². The second-order valence-electron chi connectivity index (χ2n) is 7.09. The van der Waals surface area contributed by atoms with E-state index in [1.54, 1.807) is 37.6 Å². The van der Waals surface area contributed by atoms with E-state index >= 15 is 0 Å². The summed E-state index contributed by atoms with van der Waals surface area (Å²) in [5.41, 5.74) is 3.49. The fraction of sp³-hybridized carbons (Fsp3) is 0.435. The quantitative estimate of drug-likeness (QED) is 0.559. The van der Waals surface area contributed by atoms with E-state index in [-0.39, 0.29) is 24.2 Å². The fourth-order valence-electron chi connectivity index (χ4n) is 3.46. The van der Waals surface area contributed by atoms with Gasteiger partial charge in [0.1, 0.15) is 5.56 Å². The van der Waals surface area contributed by atoms with Crippen molar-refractivity contribution in [2.75, 3.05) is 19.0 Å². The number of amides is 1. The van der Waals surface area contributed by atoms with Gasteiger partial charge in [-0.05, 0) is 65.9 Å². The summed E-state index contributed by atoms with van der Waals surface area (Å²) in [5, 5.41) is 2.93. The Bertz CT molecular complexity index is 1030. The molecule has 1 heterocycles. The first-order valence-corrected chi connectivity index (χ1v) is 11.0. The minimum absolute atomic E-state index is 0.0281. The third kappa shape index (κ3) is 5.07. The molecule has 0 spiro atoms. The molecule has 7 nitrogen and oxygen atoms in total. The van der Waals surface area contributed by atoms with Crippen LogP contribution in [-0.2, 0) is 36.0 Å². The molecule has 8 heteroatoms. The zero-order valence-electron chi connectivity index (χ0n) is 18.8. The van der Waals surface area contributed by atoms with Crippen molar-refractivity contribution >= 4 is 33.5 Å². The molecule has 2 aromatic rings. The van der Waals surface area contributed by atoms with Gasteiger partial charge in [0.05, 0.1) is 28.9 Å². The third-order valence-electron chi connectivity index (χ3n) is 5.26. The monoisotopic (exact) mass is 492 g/mol. The topological polar surface area (TPSA) is 86.6 Å². The molecule has 1 aromatic heterocycles. The Morgan fingerprint density at radius 2 is 1.71 bits per heavy atom. The lowest BCUT2D eigenvalue weighted by Crippen LogP contribution is -2.29. The number of esters is 1. The molecule has 31 heavy (non-hydrogen) atoms. The van der Waals surface area contributed by atoms with Crippen molar-refractivity contribution in [2.24, 2.45) is 7.05 Å². The SMILES string of the molecule is CCOC(=O)c1cc(CC)c(NC(=O)c2c(COC)n(C)c(C)c(Br)c2=O)c(CC)c1. The minimum Gasteiger partial charge on any atom is -0.462 e. The van der Waals surface area contributed by atoms with Crippen molar-refractivity contribution in [1.29, 1.82) is 0 Å². The second kappa shape index (κ2) is 10.7. The van der Waals surface area contributed by atoms with Gasteiger partial charge in [0, 0.05) is 25.5 Å². The number of ether oxygens (including phenoxy) is 2. The maximum Gasteiger partial charge on any atom is 0.338 e. The molecule has 0 aliphatic heterocycles. The Kier molecular flexibility index (Phi) is 8.59. The Labute approximate surface area is 190 Å². The van der Waals surface area contributed by atoms with Crippen molar-refractivity contribution in [3.05, 3.63) is 60.5 Å². The molecule has 0 fully saturated rings. The number of hydrogen-bond acceptors (Lipinski definition) is 5. The number of benzene rings is 1. The van der Waals surface area contributed by atoms with Gasteiger partial charge in [-0.25, -0.2) is 4.79 Å². The number of halogens is 1. The van der Waals surface area contributed by atoms with Gasteiger partial charge >= 0.3 is 5.97 Å². The average molecular weight is 493 g/mol. The molecule has 1 amide bonds. The van der Waals surface area contributed by atoms with Gasteiger partial charge in [0.25, 0.3) is 5.91 Å². The number of carbonyl (C=O) groups is 2. The number of methoxy groups -OCH3 is 1. The van der Waals surface area contributed by atoms with Gasteiger partial charge in [0.15, 0.2) is 0 Å². The lowest BCUT2D eigenvalue weighted by atomic mass is 9.98. The molecule has 1 N–H and O–H groups in total. The molecular formula is C23H29BrN2O5. The van der Waals surface area contributed by atoms with E-state index in [2.05, 4.69) is 21.2 Å². The van der Waals surface area contributed by atoms with Crippen LogP contribution in [0.3, 0.4) is 0 Å². The number of carbonyl (C=O) groups excluding carboxylic acids is 2. The second-order valence-corrected chi connectivity index (χ2v) is 7.89. The summed E-state index contributed by atoms with van der Waals surface area (Å²) in [6.07, 6.45) is 1.19. The molecular weight excluding hydrogens is 464 g/mol. The number of nitrogens with zero attached hydrogens (tertiary/aromatic N) is 1. The maximum atomic E-state index is 13.3. The van der Waals surface area contributed by atoms with Crippen molar-refractivity contribution in [1.82, 2.24) is 4.57 Å². The molecule has 168 valence electrons. The van der Waals surface area contributed by atoms with Crippen LogP contribution in [0.1, 0.15) is 64.0 Å². The summed E-state index contributed by atoms with van der Waals surface area (Å²) in [6.45, 7) is 7.84. The first-order valence-electron chi connectivity index (χ1n) is 10.2. The first kappa shape index (κ1) is 24.8. The Morgan fingerprint density at radius 1 is 1.13 bits per heavy atom. The van der Waals surface area contributed by atoms with Crippen LogP contribution >= 0.6 is 15.9 Å². The van der Waals surface area contributed by atoms with Crippen molar-refractivity contribution in [2.45, 2.75) is 47.1 Å². The van der Waals surface area contributed by atoms with Crippen LogP contribution in [0.15, 0.2) is 21.4 Å². The largest absolute Gasteiger partial charge is 0.462 e. The molecule has 0 saturated carbocycles. The number of aryl methyl sites for hydroxylation is 2. The number of nitrogens with one attached hydrogen (secondary N) is 1. The van der Waals surface area contributed by atoms with Crippen molar-refractivity contribution in [3.63, 3.8) is 0 Å². The summed E-state index contributed by atoms with van der Waals surface area (Å²) in [4.78, 5) is 38.5. The van der Waals surface area contributed by atoms with E-state index < -0.39 is 11.9 Å². The van der Waals surface area contributed by atoms with E-state index in [1.165, 1.54) is 7.11 Å². The van der Waals surface area contributed by atoms with Gasteiger partial charge in [-0.15, -0.1) is 0 Å². The number of rotatable bonds is 8. The van der Waals surface area contributed by atoms with Crippen molar-refractivity contribution in [3.8, 4) is 0 Å². The van der Waals surface area contributed by atoms with Gasteiger partial charge in [-0.2, -0.15) is 0 Å². The lowest BCUT2D eigenvalue weighted by Gasteiger charge is -2.20. The number of pyridine rings is 1. The van der Waals surface area contributed by atoms with Crippen LogP contribution in [0, 0.1) is 6.92 Å². The number of hydrogen-bond donors (Lipinski definition) is 1. The van der Waals surface area contributed by atoms with Crippen LogP contribution in [0.4, 0.5) is 5.69 Å². The maximum absolute atomic E-state index is 13.3. The molecule has 0 saturated heterocycles. The summed E-state index contributed by atoms with van der Waals surface area (Å²) < 4.78 is 12.5. The fourth-order valence-corrected chi connectivity index (χ4v) is 3.92. The van der Waals surface area contributed by atoms with E-state index in [4.69, 9.17) is 9.47 Å². The third-order valence-corrected chi connectivity index (χ3v) is 6.20. The van der Waals surface area contributed by atoms with Crippen molar-refractivity contribution < 1.29 is 19.1 Å². The Balaban J connectivity index is 2.61. The van der Waals surface area contributed by atoms with E-state index in [0.717, 1.165) is 11.1 Å². The molecule has 0 unspecified atom stereocenters. The molecule has 0 bridgehead atoms. The minimum atomic E-state index is -0.512. The summed E-state index contributed by atoms with van der Waals surface area (Å²) in [6, 6.07) is 3.46.